The van der Waals surface area contributed by atoms with Gasteiger partial charge in [0.15, 0.2) is 0 Å². The predicted molar refractivity (Wildman–Crippen MR) is 99.9 cm³/mol. The van der Waals surface area contributed by atoms with Crippen molar-refractivity contribution in [3.63, 3.8) is 0 Å². The molecule has 138 valence electrons. The summed E-state index contributed by atoms with van der Waals surface area (Å²) in [6, 6.07) is 13.8. The van der Waals surface area contributed by atoms with Crippen LogP contribution in [-0.2, 0) is 0 Å². The van der Waals surface area contributed by atoms with Crippen molar-refractivity contribution >= 4 is 5.91 Å². The minimum absolute atomic E-state index is 0.116. The Bertz CT molecular complexity index is 710. The van der Waals surface area contributed by atoms with Gasteiger partial charge in [-0.2, -0.15) is 0 Å². The summed E-state index contributed by atoms with van der Waals surface area (Å²) in [5.74, 6) is 0.299. The fourth-order valence-corrected chi connectivity index (χ4v) is 3.41. The molecular weight excluding hydrogens is 331 g/mol. The first-order chi connectivity index (χ1) is 12.7. The number of benzene rings is 2. The zero-order valence-corrected chi connectivity index (χ0v) is 15.1. The minimum atomic E-state index is -0.342. The van der Waals surface area contributed by atoms with Crippen LogP contribution in [0.1, 0.15) is 41.2 Å². The number of piperidine rings is 1. The summed E-state index contributed by atoms with van der Waals surface area (Å²) in [6.07, 6.45) is 3.62. The maximum Gasteiger partial charge on any atom is 0.251 e. The van der Waals surface area contributed by atoms with E-state index < -0.39 is 0 Å². The van der Waals surface area contributed by atoms with Crippen molar-refractivity contribution in [1.29, 1.82) is 0 Å². The molecule has 0 bridgehead atoms. The number of hydrogen-bond acceptors (Lipinski definition) is 3. The molecule has 3 rings (SSSR count). The molecule has 2 aromatic rings. The van der Waals surface area contributed by atoms with Crippen molar-refractivity contribution in [2.45, 2.75) is 25.3 Å². The van der Waals surface area contributed by atoms with Crippen molar-refractivity contribution in [3.8, 4) is 5.75 Å². The van der Waals surface area contributed by atoms with E-state index in [2.05, 4.69) is 22.3 Å². The largest absolute Gasteiger partial charge is 0.497 e. The van der Waals surface area contributed by atoms with Crippen LogP contribution in [0.2, 0.25) is 0 Å². The van der Waals surface area contributed by atoms with Gasteiger partial charge in [0.2, 0.25) is 0 Å². The zero-order valence-electron chi connectivity index (χ0n) is 15.1. The smallest absolute Gasteiger partial charge is 0.251 e. The molecule has 1 heterocycles. The van der Waals surface area contributed by atoms with Gasteiger partial charge in [0, 0.05) is 12.1 Å². The maximum absolute atomic E-state index is 13.0. The van der Waals surface area contributed by atoms with Gasteiger partial charge in [0.1, 0.15) is 11.6 Å². The highest BCUT2D eigenvalue weighted by atomic mass is 19.1. The molecule has 1 amide bonds. The number of halogens is 1. The molecule has 4 nitrogen and oxygen atoms in total. The molecule has 0 unspecified atom stereocenters. The number of carbonyl (C=O) groups is 1. The quantitative estimate of drug-likeness (QED) is 0.856. The number of nitrogens with zero attached hydrogens (tertiary/aromatic N) is 1. The van der Waals surface area contributed by atoms with E-state index >= 15 is 0 Å². The van der Waals surface area contributed by atoms with E-state index in [9.17, 15) is 9.18 Å². The lowest BCUT2D eigenvalue weighted by Gasteiger charge is -2.35. The Kier molecular flexibility index (Phi) is 6.23. The molecule has 0 aromatic heterocycles. The zero-order chi connectivity index (χ0) is 18.4. The molecule has 26 heavy (non-hydrogen) atoms. The van der Waals surface area contributed by atoms with E-state index in [0.29, 0.717) is 12.1 Å². The second-order valence-electron chi connectivity index (χ2n) is 6.60. The van der Waals surface area contributed by atoms with Crippen LogP contribution in [0.25, 0.3) is 0 Å². The van der Waals surface area contributed by atoms with E-state index in [1.165, 1.54) is 43.5 Å². The summed E-state index contributed by atoms with van der Waals surface area (Å²) < 4.78 is 18.3. The number of likely N-dealkylation sites (tertiary alicyclic amines) is 1. The average Bonchev–Trinajstić information content (AvgIpc) is 2.70. The molecule has 0 spiro atoms. The topological polar surface area (TPSA) is 41.6 Å². The third kappa shape index (κ3) is 4.61. The Morgan fingerprint density at radius 1 is 1.08 bits per heavy atom. The first-order valence-electron chi connectivity index (χ1n) is 9.09. The lowest BCUT2D eigenvalue weighted by molar-refractivity contribution is 0.0924. The van der Waals surface area contributed by atoms with Gasteiger partial charge >= 0.3 is 0 Å². The molecule has 1 aliphatic heterocycles. The van der Waals surface area contributed by atoms with E-state index in [1.54, 1.807) is 7.11 Å². The monoisotopic (exact) mass is 356 g/mol. The van der Waals surface area contributed by atoms with Gasteiger partial charge in [0.25, 0.3) is 5.91 Å². The summed E-state index contributed by atoms with van der Waals surface area (Å²) in [5, 5.41) is 3.01. The molecule has 1 saturated heterocycles. The molecule has 1 fully saturated rings. The second-order valence-corrected chi connectivity index (χ2v) is 6.60. The van der Waals surface area contributed by atoms with Gasteiger partial charge in [-0.1, -0.05) is 18.6 Å². The molecule has 5 heteroatoms. The number of hydrogen-bond donors (Lipinski definition) is 1. The number of nitrogens with one attached hydrogen (secondary N) is 1. The first kappa shape index (κ1) is 18.4. The van der Waals surface area contributed by atoms with E-state index in [4.69, 9.17) is 4.74 Å². The SMILES string of the molecule is COc1ccc([C@@H](CNC(=O)c2ccc(F)cc2)N2CCCCC2)cc1. The molecule has 1 N–H and O–H groups in total. The predicted octanol–water partition coefficient (Wildman–Crippen LogP) is 3.79. The molecule has 2 aromatic carbocycles. The summed E-state index contributed by atoms with van der Waals surface area (Å²) in [4.78, 5) is 14.8. The second kappa shape index (κ2) is 8.81. The fraction of sp³-hybridized carbons (Fsp3) is 0.381. The molecule has 1 aliphatic rings. The molecule has 0 radical (unpaired) electrons. The van der Waals surface area contributed by atoms with Gasteiger partial charge in [0.05, 0.1) is 13.2 Å². The molecule has 0 aliphatic carbocycles. The van der Waals surface area contributed by atoms with Crippen molar-refractivity contribution in [1.82, 2.24) is 10.2 Å². The van der Waals surface area contributed by atoms with Crippen LogP contribution in [0.5, 0.6) is 5.75 Å². The van der Waals surface area contributed by atoms with Crippen LogP contribution < -0.4 is 10.1 Å². The maximum atomic E-state index is 13.0. The van der Waals surface area contributed by atoms with Crippen LogP contribution in [-0.4, -0.2) is 37.6 Å². The Morgan fingerprint density at radius 3 is 2.35 bits per heavy atom. The fourth-order valence-electron chi connectivity index (χ4n) is 3.41. The van der Waals surface area contributed by atoms with Crippen molar-refractivity contribution < 1.29 is 13.9 Å². The van der Waals surface area contributed by atoms with Gasteiger partial charge < -0.3 is 10.1 Å². The van der Waals surface area contributed by atoms with Crippen LogP contribution in [0.3, 0.4) is 0 Å². The minimum Gasteiger partial charge on any atom is -0.497 e. The van der Waals surface area contributed by atoms with E-state index in [1.807, 2.05) is 12.1 Å². The summed E-state index contributed by atoms with van der Waals surface area (Å²) >= 11 is 0. The first-order valence-corrected chi connectivity index (χ1v) is 9.09. The van der Waals surface area contributed by atoms with Gasteiger partial charge in [-0.3, -0.25) is 9.69 Å². The Hall–Kier alpha value is -2.40. The molecular formula is C21H25FN2O2. The van der Waals surface area contributed by atoms with Gasteiger partial charge in [-0.15, -0.1) is 0 Å². The van der Waals surface area contributed by atoms with Crippen LogP contribution >= 0.6 is 0 Å². The van der Waals surface area contributed by atoms with Crippen molar-refractivity contribution in [2.75, 3.05) is 26.7 Å². The third-order valence-corrected chi connectivity index (χ3v) is 4.89. The third-order valence-electron chi connectivity index (χ3n) is 4.89. The van der Waals surface area contributed by atoms with Crippen LogP contribution in [0.4, 0.5) is 4.39 Å². The van der Waals surface area contributed by atoms with Crippen molar-refractivity contribution in [2.24, 2.45) is 0 Å². The van der Waals surface area contributed by atoms with Gasteiger partial charge in [-0.25, -0.2) is 4.39 Å². The highest BCUT2D eigenvalue weighted by Crippen LogP contribution is 2.26. The normalized spacial score (nSPS) is 16.1. The summed E-state index contributed by atoms with van der Waals surface area (Å²) in [6.45, 7) is 2.58. The average molecular weight is 356 g/mol. The van der Waals surface area contributed by atoms with E-state index in [0.717, 1.165) is 24.4 Å². The molecule has 1 atom stereocenters. The lowest BCUT2D eigenvalue weighted by atomic mass is 10.0. The summed E-state index contributed by atoms with van der Waals surface area (Å²) in [7, 11) is 1.65. The standard InChI is InChI=1S/C21H25FN2O2/c1-26-19-11-7-16(8-12-19)20(24-13-3-2-4-14-24)15-23-21(25)17-5-9-18(22)10-6-17/h5-12,20H,2-4,13-15H2,1H3,(H,23,25)/t20-/m1/s1. The number of carbonyl (C=O) groups excluding carboxylic acids is 1. The Morgan fingerprint density at radius 2 is 1.73 bits per heavy atom. The lowest BCUT2D eigenvalue weighted by Crippen LogP contribution is -2.40. The Balaban J connectivity index is 1.72. The van der Waals surface area contributed by atoms with Crippen molar-refractivity contribution in [3.05, 3.63) is 65.5 Å². The van der Waals surface area contributed by atoms with Gasteiger partial charge in [-0.05, 0) is 67.9 Å². The summed E-state index contributed by atoms with van der Waals surface area (Å²) in [5.41, 5.74) is 1.63. The highest BCUT2D eigenvalue weighted by molar-refractivity contribution is 5.94. The van der Waals surface area contributed by atoms with E-state index in [-0.39, 0.29) is 17.8 Å². The molecule has 0 saturated carbocycles. The number of ether oxygens (including phenoxy) is 1. The highest BCUT2D eigenvalue weighted by Gasteiger charge is 2.23. The Labute approximate surface area is 154 Å². The number of methoxy groups -OCH3 is 1. The number of amides is 1. The van der Waals surface area contributed by atoms with Crippen LogP contribution in [0.15, 0.2) is 48.5 Å². The van der Waals surface area contributed by atoms with Crippen LogP contribution in [0, 0.1) is 5.82 Å². The number of rotatable bonds is 6.